The van der Waals surface area contributed by atoms with Gasteiger partial charge in [-0.3, -0.25) is 9.89 Å². The Labute approximate surface area is 180 Å². The van der Waals surface area contributed by atoms with Crippen LogP contribution in [0.25, 0.3) is 0 Å². The molecule has 2 fully saturated rings. The molecule has 1 atom stereocenters. The first-order valence-electron chi connectivity index (χ1n) is 11.3. The average Bonchev–Trinajstić information content (AvgIpc) is 3.31. The first kappa shape index (κ1) is 22.7. The first-order valence-corrected chi connectivity index (χ1v) is 11.3. The summed E-state index contributed by atoms with van der Waals surface area (Å²) >= 11 is 0. The molecule has 2 aliphatic rings. The number of rotatable bonds is 11. The summed E-state index contributed by atoms with van der Waals surface area (Å²) < 4.78 is 11.1. The lowest BCUT2D eigenvalue weighted by atomic mass is 10.1. The van der Waals surface area contributed by atoms with Crippen LogP contribution in [0.5, 0.6) is 0 Å². The van der Waals surface area contributed by atoms with E-state index in [4.69, 9.17) is 9.47 Å². The van der Waals surface area contributed by atoms with Crippen LogP contribution in [-0.2, 0) is 9.47 Å². The molecule has 2 saturated heterocycles. The Kier molecular flexibility index (Phi) is 10.1. The van der Waals surface area contributed by atoms with Gasteiger partial charge in [-0.2, -0.15) is 0 Å². The van der Waals surface area contributed by atoms with Crippen LogP contribution in [0.2, 0.25) is 0 Å². The second-order valence-corrected chi connectivity index (χ2v) is 7.72. The number of anilines is 1. The zero-order valence-corrected chi connectivity index (χ0v) is 18.3. The second kappa shape index (κ2) is 13.4. The van der Waals surface area contributed by atoms with Gasteiger partial charge in [0.05, 0.1) is 13.2 Å². The van der Waals surface area contributed by atoms with E-state index < -0.39 is 0 Å². The van der Waals surface area contributed by atoms with E-state index in [1.807, 2.05) is 6.07 Å². The molecule has 1 aromatic rings. The minimum absolute atomic E-state index is 0.578. The predicted molar refractivity (Wildman–Crippen MR) is 119 cm³/mol. The Morgan fingerprint density at radius 3 is 2.80 bits per heavy atom. The van der Waals surface area contributed by atoms with Gasteiger partial charge in [0.2, 0.25) is 5.95 Å². The van der Waals surface area contributed by atoms with Gasteiger partial charge in [-0.25, -0.2) is 9.97 Å². The summed E-state index contributed by atoms with van der Waals surface area (Å²) in [6.07, 6.45) is 5.67. The molecule has 3 heterocycles. The van der Waals surface area contributed by atoms with Gasteiger partial charge in [-0.05, 0) is 25.8 Å². The van der Waals surface area contributed by atoms with Crippen LogP contribution in [0, 0.1) is 5.92 Å². The Morgan fingerprint density at radius 2 is 2.07 bits per heavy atom. The van der Waals surface area contributed by atoms with Crippen molar-refractivity contribution in [3.05, 3.63) is 18.5 Å². The molecule has 0 spiro atoms. The van der Waals surface area contributed by atoms with E-state index in [-0.39, 0.29) is 0 Å². The van der Waals surface area contributed by atoms with Crippen molar-refractivity contribution >= 4 is 11.9 Å². The van der Waals surface area contributed by atoms with Crippen LogP contribution in [0.1, 0.15) is 19.8 Å². The molecule has 30 heavy (non-hydrogen) atoms. The van der Waals surface area contributed by atoms with Gasteiger partial charge >= 0.3 is 0 Å². The maximum Gasteiger partial charge on any atom is 0.225 e. The van der Waals surface area contributed by atoms with E-state index >= 15 is 0 Å². The molecular formula is C21H37N7O2. The molecule has 3 rings (SSSR count). The highest BCUT2D eigenvalue weighted by Gasteiger charge is 2.18. The molecule has 0 saturated carbocycles. The second-order valence-electron chi connectivity index (χ2n) is 7.72. The van der Waals surface area contributed by atoms with Crippen molar-refractivity contribution in [3.63, 3.8) is 0 Å². The van der Waals surface area contributed by atoms with Gasteiger partial charge in [0.25, 0.3) is 0 Å². The van der Waals surface area contributed by atoms with Crippen molar-refractivity contribution in [2.24, 2.45) is 10.9 Å². The summed E-state index contributed by atoms with van der Waals surface area (Å²) in [5, 5.41) is 6.77. The molecular weight excluding hydrogens is 382 g/mol. The fraction of sp³-hybridized carbons (Fsp3) is 0.762. The molecule has 9 heteroatoms. The number of piperazine rings is 1. The minimum atomic E-state index is 0.578. The quantitative estimate of drug-likeness (QED) is 0.306. The normalized spacial score (nSPS) is 20.5. The maximum absolute atomic E-state index is 5.75. The fourth-order valence-corrected chi connectivity index (χ4v) is 3.62. The van der Waals surface area contributed by atoms with Crippen molar-refractivity contribution in [1.82, 2.24) is 25.5 Å². The van der Waals surface area contributed by atoms with Gasteiger partial charge in [0.15, 0.2) is 5.96 Å². The summed E-state index contributed by atoms with van der Waals surface area (Å²) in [6.45, 7) is 12.9. The zero-order chi connectivity index (χ0) is 20.9. The van der Waals surface area contributed by atoms with Crippen LogP contribution >= 0.6 is 0 Å². The van der Waals surface area contributed by atoms with Gasteiger partial charge in [0.1, 0.15) is 0 Å². The molecule has 9 nitrogen and oxygen atoms in total. The van der Waals surface area contributed by atoms with E-state index in [1.54, 1.807) is 12.4 Å². The SMILES string of the molecule is CCNC(=NCCCOCC1CCOC1)NCCN1CCN(c2ncccn2)CC1. The predicted octanol–water partition coefficient (Wildman–Crippen LogP) is 0.597. The molecule has 0 radical (unpaired) electrons. The van der Waals surface area contributed by atoms with E-state index in [1.165, 1.54) is 0 Å². The van der Waals surface area contributed by atoms with Crippen LogP contribution < -0.4 is 15.5 Å². The third kappa shape index (κ3) is 8.04. The molecule has 0 aliphatic carbocycles. The highest BCUT2D eigenvalue weighted by atomic mass is 16.5. The molecule has 0 bridgehead atoms. The molecule has 168 valence electrons. The van der Waals surface area contributed by atoms with Gasteiger partial charge in [-0.15, -0.1) is 0 Å². The van der Waals surface area contributed by atoms with Crippen molar-refractivity contribution in [2.75, 3.05) is 83.7 Å². The number of nitrogens with zero attached hydrogens (tertiary/aromatic N) is 5. The van der Waals surface area contributed by atoms with Gasteiger partial charge in [-0.1, -0.05) is 0 Å². The van der Waals surface area contributed by atoms with E-state index in [0.29, 0.717) is 5.92 Å². The molecule has 1 aromatic heterocycles. The lowest BCUT2D eigenvalue weighted by Gasteiger charge is -2.34. The number of hydrogen-bond donors (Lipinski definition) is 2. The van der Waals surface area contributed by atoms with Crippen molar-refractivity contribution in [3.8, 4) is 0 Å². The maximum atomic E-state index is 5.75. The molecule has 1 unspecified atom stereocenters. The average molecular weight is 420 g/mol. The van der Waals surface area contributed by atoms with Gasteiger partial charge in [0, 0.05) is 83.9 Å². The van der Waals surface area contributed by atoms with Crippen LogP contribution in [0.4, 0.5) is 5.95 Å². The van der Waals surface area contributed by atoms with Crippen LogP contribution in [-0.4, -0.2) is 99.6 Å². The standard InChI is InChI=1S/C21H37N7O2/c1-2-22-20(23-8-4-15-29-17-19-5-16-30-18-19)24-9-10-27-11-13-28(14-12-27)21-25-6-3-7-26-21/h3,6-7,19H,2,4-5,8-18H2,1H3,(H2,22,23,24). The van der Waals surface area contributed by atoms with Crippen LogP contribution in [0.3, 0.4) is 0 Å². The van der Waals surface area contributed by atoms with Crippen molar-refractivity contribution in [1.29, 1.82) is 0 Å². The largest absolute Gasteiger partial charge is 0.381 e. The highest BCUT2D eigenvalue weighted by Crippen LogP contribution is 2.12. The van der Waals surface area contributed by atoms with Gasteiger partial charge < -0.3 is 25.0 Å². The summed E-state index contributed by atoms with van der Waals surface area (Å²) in [5.41, 5.74) is 0. The summed E-state index contributed by atoms with van der Waals surface area (Å²) in [6, 6.07) is 1.85. The first-order chi connectivity index (χ1) is 14.8. The summed E-state index contributed by atoms with van der Waals surface area (Å²) in [5.74, 6) is 2.30. The molecule has 2 N–H and O–H groups in total. The molecule has 0 aromatic carbocycles. The smallest absolute Gasteiger partial charge is 0.225 e. The lowest BCUT2D eigenvalue weighted by molar-refractivity contribution is 0.0893. The lowest BCUT2D eigenvalue weighted by Crippen LogP contribution is -2.49. The number of aliphatic imine (C=N–C) groups is 1. The minimum Gasteiger partial charge on any atom is -0.381 e. The van der Waals surface area contributed by atoms with E-state index in [0.717, 1.165) is 104 Å². The van der Waals surface area contributed by atoms with Crippen molar-refractivity contribution < 1.29 is 9.47 Å². The Hall–Kier alpha value is -1.97. The van der Waals surface area contributed by atoms with Crippen LogP contribution in [0.15, 0.2) is 23.5 Å². The van der Waals surface area contributed by atoms with E-state index in [9.17, 15) is 0 Å². The monoisotopic (exact) mass is 419 g/mol. The highest BCUT2D eigenvalue weighted by molar-refractivity contribution is 5.79. The Bertz CT molecular complexity index is 603. The number of hydrogen-bond acceptors (Lipinski definition) is 7. The Morgan fingerprint density at radius 1 is 1.23 bits per heavy atom. The third-order valence-corrected chi connectivity index (χ3v) is 5.37. The summed E-state index contributed by atoms with van der Waals surface area (Å²) in [7, 11) is 0. The van der Waals surface area contributed by atoms with E-state index in [2.05, 4.69) is 42.3 Å². The number of nitrogens with one attached hydrogen (secondary N) is 2. The number of aromatic nitrogens is 2. The number of guanidine groups is 1. The fourth-order valence-electron chi connectivity index (χ4n) is 3.62. The summed E-state index contributed by atoms with van der Waals surface area (Å²) in [4.78, 5) is 18.1. The van der Waals surface area contributed by atoms with Crippen molar-refractivity contribution in [2.45, 2.75) is 19.8 Å². The third-order valence-electron chi connectivity index (χ3n) is 5.37. The molecule has 2 aliphatic heterocycles. The molecule has 0 amide bonds. The topological polar surface area (TPSA) is 87.1 Å². The zero-order valence-electron chi connectivity index (χ0n) is 18.3. The Balaban J connectivity index is 1.26. The number of ether oxygens (including phenoxy) is 2.